The molecule has 0 saturated heterocycles. The van der Waals surface area contributed by atoms with E-state index in [0.717, 1.165) is 0 Å². The number of nitrogens with zero attached hydrogens (tertiary/aromatic N) is 1. The van der Waals surface area contributed by atoms with Crippen molar-refractivity contribution in [1.29, 1.82) is 5.26 Å². The summed E-state index contributed by atoms with van der Waals surface area (Å²) in [6.07, 6.45) is 0.437. The van der Waals surface area contributed by atoms with Crippen LogP contribution in [0.1, 0.15) is 19.4 Å². The average molecular weight is 302 g/mol. The van der Waals surface area contributed by atoms with Crippen LogP contribution in [0.25, 0.3) is 6.08 Å². The van der Waals surface area contributed by atoms with Gasteiger partial charge in [0.15, 0.2) is 6.10 Å². The van der Waals surface area contributed by atoms with Crippen molar-refractivity contribution in [3.05, 3.63) is 35.4 Å². The predicted molar refractivity (Wildman–Crippen MR) is 80.8 cm³/mol. The Bertz CT molecular complexity index is 600. The van der Waals surface area contributed by atoms with E-state index in [1.54, 1.807) is 44.4 Å². The molecular weight excluding hydrogens is 284 g/mol. The molecule has 0 unspecified atom stereocenters. The quantitative estimate of drug-likeness (QED) is 0.490. The van der Waals surface area contributed by atoms with E-state index in [-0.39, 0.29) is 5.57 Å². The summed E-state index contributed by atoms with van der Waals surface area (Å²) in [5, 5.41) is 11.6. The highest BCUT2D eigenvalue weighted by atomic mass is 16.5. The average Bonchev–Trinajstić information content (AvgIpc) is 2.53. The summed E-state index contributed by atoms with van der Waals surface area (Å²) < 4.78 is 10.00. The normalized spacial score (nSPS) is 12.0. The van der Waals surface area contributed by atoms with E-state index in [9.17, 15) is 9.59 Å². The summed E-state index contributed by atoms with van der Waals surface area (Å²) in [4.78, 5) is 23.4. The largest absolute Gasteiger partial charge is 0.497 e. The number of nitriles is 1. The van der Waals surface area contributed by atoms with E-state index in [2.05, 4.69) is 5.32 Å². The Morgan fingerprint density at radius 3 is 2.50 bits per heavy atom. The highest BCUT2D eigenvalue weighted by Crippen LogP contribution is 2.14. The summed E-state index contributed by atoms with van der Waals surface area (Å²) >= 11 is 0. The number of rotatable bonds is 6. The monoisotopic (exact) mass is 302 g/mol. The van der Waals surface area contributed by atoms with Crippen molar-refractivity contribution in [2.75, 3.05) is 13.7 Å². The van der Waals surface area contributed by atoms with E-state index in [0.29, 0.717) is 17.9 Å². The van der Waals surface area contributed by atoms with E-state index < -0.39 is 18.0 Å². The van der Waals surface area contributed by atoms with Gasteiger partial charge in [0.2, 0.25) is 0 Å². The lowest BCUT2D eigenvalue weighted by molar-refractivity contribution is -0.150. The number of ether oxygens (including phenoxy) is 2. The first-order valence-electron chi connectivity index (χ1n) is 6.76. The number of carbonyl (C=O) groups is 2. The first kappa shape index (κ1) is 17.2. The van der Waals surface area contributed by atoms with Gasteiger partial charge in [0.25, 0.3) is 5.91 Å². The predicted octanol–water partition coefficient (Wildman–Crippen LogP) is 1.67. The minimum atomic E-state index is -0.958. The van der Waals surface area contributed by atoms with E-state index in [1.807, 2.05) is 0 Å². The molecule has 1 aromatic rings. The number of methoxy groups -OCH3 is 1. The Balaban J connectivity index is 2.81. The molecule has 0 aliphatic carbocycles. The fourth-order valence-electron chi connectivity index (χ4n) is 1.60. The summed E-state index contributed by atoms with van der Waals surface area (Å²) in [5.41, 5.74) is 0.473. The van der Waals surface area contributed by atoms with Crippen LogP contribution in [0.3, 0.4) is 0 Å². The lowest BCUT2D eigenvalue weighted by Gasteiger charge is -2.12. The molecule has 1 N–H and O–H groups in total. The van der Waals surface area contributed by atoms with E-state index >= 15 is 0 Å². The van der Waals surface area contributed by atoms with Gasteiger partial charge in [-0.15, -0.1) is 0 Å². The molecule has 1 aromatic carbocycles. The third-order valence-electron chi connectivity index (χ3n) is 2.77. The van der Waals surface area contributed by atoms with Gasteiger partial charge in [-0.05, 0) is 37.6 Å². The van der Waals surface area contributed by atoms with Gasteiger partial charge in [-0.2, -0.15) is 5.26 Å². The van der Waals surface area contributed by atoms with Crippen LogP contribution in [-0.2, 0) is 14.3 Å². The molecule has 0 bridgehead atoms. The maximum absolute atomic E-state index is 11.9. The third-order valence-corrected chi connectivity index (χ3v) is 2.77. The molecule has 0 aromatic heterocycles. The molecule has 1 rings (SSSR count). The third kappa shape index (κ3) is 4.94. The summed E-state index contributed by atoms with van der Waals surface area (Å²) in [5.74, 6) is -0.572. The molecule has 22 heavy (non-hydrogen) atoms. The Morgan fingerprint density at radius 2 is 2.00 bits per heavy atom. The van der Waals surface area contributed by atoms with Crippen molar-refractivity contribution in [3.63, 3.8) is 0 Å². The van der Waals surface area contributed by atoms with Gasteiger partial charge in [-0.3, -0.25) is 4.79 Å². The van der Waals surface area contributed by atoms with Gasteiger partial charge in [0.1, 0.15) is 17.4 Å². The Labute approximate surface area is 129 Å². The van der Waals surface area contributed by atoms with Gasteiger partial charge in [0.05, 0.1) is 7.11 Å². The van der Waals surface area contributed by atoms with Crippen LogP contribution in [0.5, 0.6) is 5.75 Å². The number of nitrogens with one attached hydrogen (secondary N) is 1. The number of amides is 1. The van der Waals surface area contributed by atoms with Crippen molar-refractivity contribution in [2.24, 2.45) is 0 Å². The molecule has 0 fully saturated rings. The van der Waals surface area contributed by atoms with Crippen LogP contribution in [0.2, 0.25) is 0 Å². The van der Waals surface area contributed by atoms with Gasteiger partial charge < -0.3 is 14.8 Å². The lowest BCUT2D eigenvalue weighted by atomic mass is 10.1. The fraction of sp³-hybridized carbons (Fsp3) is 0.312. The number of likely N-dealkylation sites (N-methyl/N-ethyl adjacent to an activating group) is 1. The zero-order valence-corrected chi connectivity index (χ0v) is 12.8. The van der Waals surface area contributed by atoms with Gasteiger partial charge in [-0.25, -0.2) is 4.79 Å². The van der Waals surface area contributed by atoms with Crippen LogP contribution in [-0.4, -0.2) is 31.6 Å². The second kappa shape index (κ2) is 8.47. The summed E-state index contributed by atoms with van der Waals surface area (Å²) in [7, 11) is 1.55. The Hall–Kier alpha value is -2.81. The minimum Gasteiger partial charge on any atom is -0.497 e. The number of hydrogen-bond donors (Lipinski definition) is 1. The van der Waals surface area contributed by atoms with Crippen LogP contribution in [0, 0.1) is 11.3 Å². The van der Waals surface area contributed by atoms with E-state index in [4.69, 9.17) is 14.7 Å². The molecule has 1 atom stereocenters. The molecule has 6 heteroatoms. The number of benzene rings is 1. The molecule has 0 saturated carbocycles. The van der Waals surface area contributed by atoms with Crippen molar-refractivity contribution in [2.45, 2.75) is 20.0 Å². The van der Waals surface area contributed by atoms with Crippen molar-refractivity contribution >= 4 is 18.0 Å². The zero-order valence-electron chi connectivity index (χ0n) is 12.8. The lowest BCUT2D eigenvalue weighted by Crippen LogP contribution is -2.35. The van der Waals surface area contributed by atoms with Crippen molar-refractivity contribution < 1.29 is 19.1 Å². The van der Waals surface area contributed by atoms with Crippen LogP contribution in [0.4, 0.5) is 0 Å². The fourth-order valence-corrected chi connectivity index (χ4v) is 1.60. The summed E-state index contributed by atoms with van der Waals surface area (Å²) in [6.45, 7) is 3.65. The van der Waals surface area contributed by atoms with Gasteiger partial charge in [0, 0.05) is 6.54 Å². The van der Waals surface area contributed by atoms with Gasteiger partial charge in [-0.1, -0.05) is 12.1 Å². The maximum Gasteiger partial charge on any atom is 0.349 e. The summed E-state index contributed by atoms with van der Waals surface area (Å²) in [6, 6.07) is 8.61. The molecule has 0 radical (unpaired) electrons. The van der Waals surface area contributed by atoms with Crippen LogP contribution in [0.15, 0.2) is 29.8 Å². The van der Waals surface area contributed by atoms with Crippen LogP contribution < -0.4 is 10.1 Å². The van der Waals surface area contributed by atoms with Gasteiger partial charge >= 0.3 is 5.97 Å². The first-order valence-corrected chi connectivity index (χ1v) is 6.76. The van der Waals surface area contributed by atoms with Crippen LogP contribution >= 0.6 is 0 Å². The number of carbonyl (C=O) groups excluding carboxylic acids is 2. The molecular formula is C16H18N2O4. The maximum atomic E-state index is 11.9. The molecule has 6 nitrogen and oxygen atoms in total. The second-order valence-electron chi connectivity index (χ2n) is 4.39. The number of esters is 1. The molecule has 0 aliphatic heterocycles. The molecule has 0 heterocycles. The standard InChI is InChI=1S/C16H18N2O4/c1-4-18-15(19)11(2)22-16(20)13(10-17)9-12-5-7-14(21-3)8-6-12/h5-9,11H,4H2,1-3H3,(H,18,19)/b13-9+/t11-/m0/s1. The molecule has 116 valence electrons. The highest BCUT2D eigenvalue weighted by molar-refractivity contribution is 5.99. The number of hydrogen-bond acceptors (Lipinski definition) is 5. The van der Waals surface area contributed by atoms with Crippen molar-refractivity contribution in [3.8, 4) is 11.8 Å². The molecule has 1 amide bonds. The van der Waals surface area contributed by atoms with E-state index in [1.165, 1.54) is 13.0 Å². The molecule has 0 spiro atoms. The minimum absolute atomic E-state index is 0.179. The highest BCUT2D eigenvalue weighted by Gasteiger charge is 2.19. The molecule has 0 aliphatic rings. The smallest absolute Gasteiger partial charge is 0.349 e. The zero-order chi connectivity index (χ0) is 16.5. The topological polar surface area (TPSA) is 88.4 Å². The Morgan fingerprint density at radius 1 is 1.36 bits per heavy atom. The Kier molecular flexibility index (Phi) is 6.64. The first-order chi connectivity index (χ1) is 10.5. The second-order valence-corrected chi connectivity index (χ2v) is 4.39. The SMILES string of the molecule is CCNC(=O)[C@H](C)OC(=O)/C(C#N)=C/c1ccc(OC)cc1. The van der Waals surface area contributed by atoms with Crippen molar-refractivity contribution in [1.82, 2.24) is 5.32 Å².